The molecule has 1 heteroatoms. The van der Waals surface area contributed by atoms with Gasteiger partial charge in [0.05, 0.1) is 6.04 Å². The number of hydrogen-bond acceptors (Lipinski definition) is 0. The van der Waals surface area contributed by atoms with Crippen molar-refractivity contribution in [2.45, 2.75) is 187 Å². The van der Waals surface area contributed by atoms with Crippen LogP contribution in [-0.4, -0.2) is 6.04 Å². The molecule has 0 aromatic carbocycles. The van der Waals surface area contributed by atoms with Crippen molar-refractivity contribution in [3.05, 3.63) is 0 Å². The molecule has 0 bridgehead atoms. The fraction of sp³-hybridized carbons (Fsp3) is 1.00. The van der Waals surface area contributed by atoms with E-state index in [-0.39, 0.29) is 0 Å². The van der Waals surface area contributed by atoms with E-state index in [1.165, 1.54) is 167 Å². The van der Waals surface area contributed by atoms with Crippen LogP contribution in [-0.2, 0) is 0 Å². The first-order valence-corrected chi connectivity index (χ1v) is 14.6. The van der Waals surface area contributed by atoms with Gasteiger partial charge in [0.15, 0.2) is 0 Å². The lowest BCUT2D eigenvalue weighted by Gasteiger charge is -2.08. The van der Waals surface area contributed by atoms with Gasteiger partial charge >= 0.3 is 0 Å². The van der Waals surface area contributed by atoms with Gasteiger partial charge in [0.2, 0.25) is 0 Å². The van der Waals surface area contributed by atoms with Gasteiger partial charge in [0.25, 0.3) is 0 Å². The molecule has 0 spiro atoms. The van der Waals surface area contributed by atoms with Gasteiger partial charge in [-0.25, -0.2) is 0 Å². The van der Waals surface area contributed by atoms with Crippen molar-refractivity contribution >= 4 is 0 Å². The minimum absolute atomic E-state index is 0.719. The molecule has 0 unspecified atom stereocenters. The highest BCUT2D eigenvalue weighted by molar-refractivity contribution is 4.57. The van der Waals surface area contributed by atoms with Gasteiger partial charge in [-0.05, 0) is 25.7 Å². The minimum Gasteiger partial charge on any atom is -0.355 e. The molecule has 0 atom stereocenters. The Kier molecular flexibility index (Phi) is 27.0. The molecule has 3 N–H and O–H groups in total. The van der Waals surface area contributed by atoms with E-state index in [2.05, 4.69) is 19.6 Å². The molecule has 0 aliphatic carbocycles. The Morgan fingerprint density at radius 1 is 0.333 bits per heavy atom. The van der Waals surface area contributed by atoms with Crippen LogP contribution in [0.4, 0.5) is 0 Å². The van der Waals surface area contributed by atoms with E-state index in [0.29, 0.717) is 0 Å². The normalized spacial score (nSPS) is 11.6. The summed E-state index contributed by atoms with van der Waals surface area (Å²) >= 11 is 0. The van der Waals surface area contributed by atoms with Gasteiger partial charge in [0, 0.05) is 0 Å². The molecular weight excluding hydrogens is 362 g/mol. The molecule has 0 aromatic rings. The Balaban J connectivity index is 3.13. The molecule has 0 heterocycles. The molecule has 30 heavy (non-hydrogen) atoms. The van der Waals surface area contributed by atoms with Gasteiger partial charge in [-0.1, -0.05) is 155 Å². The summed E-state index contributed by atoms with van der Waals surface area (Å²) in [6, 6.07) is 0.719. The molecule has 0 fully saturated rings. The maximum atomic E-state index is 4.42. The Bertz CT molecular complexity index is 260. The first kappa shape index (κ1) is 30.0. The third-order valence-corrected chi connectivity index (χ3v) is 6.93. The van der Waals surface area contributed by atoms with Crippen LogP contribution in [0.2, 0.25) is 0 Å². The molecule has 0 rings (SSSR count). The van der Waals surface area contributed by atoms with E-state index < -0.39 is 0 Å². The molecular formula is C29H62N+. The lowest BCUT2D eigenvalue weighted by Crippen LogP contribution is -2.60. The molecule has 0 aliphatic rings. The summed E-state index contributed by atoms with van der Waals surface area (Å²) in [5, 5.41) is 0. The van der Waals surface area contributed by atoms with E-state index in [4.69, 9.17) is 0 Å². The second-order valence-corrected chi connectivity index (χ2v) is 10.2. The molecule has 0 saturated heterocycles. The largest absolute Gasteiger partial charge is 0.355 e. The summed E-state index contributed by atoms with van der Waals surface area (Å²) in [5.74, 6) is 0. The lowest BCUT2D eigenvalue weighted by atomic mass is 10.00. The number of unbranched alkanes of at least 4 members (excludes halogenated alkanes) is 22. The predicted octanol–water partition coefficient (Wildman–Crippen LogP) is 9.78. The quantitative estimate of drug-likeness (QED) is 0.134. The first-order valence-electron chi connectivity index (χ1n) is 14.6. The SMILES string of the molecule is CCCCCCCCCCCCCCC([NH3+])CCCCCCCCCCCCCC. The Morgan fingerprint density at radius 3 is 0.767 bits per heavy atom. The maximum absolute atomic E-state index is 4.42. The monoisotopic (exact) mass is 424 g/mol. The molecule has 182 valence electrons. The van der Waals surface area contributed by atoms with Crippen molar-refractivity contribution in [2.75, 3.05) is 0 Å². The first-order chi connectivity index (χ1) is 14.8. The number of rotatable bonds is 26. The molecule has 1 nitrogen and oxygen atoms in total. The van der Waals surface area contributed by atoms with E-state index in [9.17, 15) is 0 Å². The summed E-state index contributed by atoms with van der Waals surface area (Å²) < 4.78 is 0. The van der Waals surface area contributed by atoms with E-state index in [1.54, 1.807) is 0 Å². The maximum Gasteiger partial charge on any atom is 0.0843 e. The van der Waals surface area contributed by atoms with Gasteiger partial charge < -0.3 is 5.73 Å². The average Bonchev–Trinajstić information content (AvgIpc) is 2.75. The molecule has 0 amide bonds. The molecule has 0 aliphatic heterocycles. The average molecular weight is 425 g/mol. The highest BCUT2D eigenvalue weighted by atomic mass is 14.6. The highest BCUT2D eigenvalue weighted by Gasteiger charge is 2.05. The Morgan fingerprint density at radius 2 is 0.533 bits per heavy atom. The van der Waals surface area contributed by atoms with E-state index >= 15 is 0 Å². The summed E-state index contributed by atoms with van der Waals surface area (Å²) in [4.78, 5) is 0. The zero-order valence-corrected chi connectivity index (χ0v) is 21.7. The second-order valence-electron chi connectivity index (χ2n) is 10.2. The van der Waals surface area contributed by atoms with Crippen LogP contribution < -0.4 is 5.73 Å². The summed E-state index contributed by atoms with van der Waals surface area (Å²) in [5.41, 5.74) is 4.42. The minimum atomic E-state index is 0.719. The molecule has 0 aromatic heterocycles. The Labute approximate surface area is 192 Å². The van der Waals surface area contributed by atoms with Crippen LogP contribution in [0.15, 0.2) is 0 Å². The van der Waals surface area contributed by atoms with Crippen molar-refractivity contribution in [2.24, 2.45) is 0 Å². The van der Waals surface area contributed by atoms with Crippen LogP contribution in [0.25, 0.3) is 0 Å². The third-order valence-electron chi connectivity index (χ3n) is 6.93. The third kappa shape index (κ3) is 26.0. The van der Waals surface area contributed by atoms with Gasteiger partial charge in [0.1, 0.15) is 0 Å². The summed E-state index contributed by atoms with van der Waals surface area (Å²) in [6.45, 7) is 4.60. The van der Waals surface area contributed by atoms with Crippen LogP contribution >= 0.6 is 0 Å². The van der Waals surface area contributed by atoms with Crippen molar-refractivity contribution in [3.63, 3.8) is 0 Å². The van der Waals surface area contributed by atoms with Gasteiger partial charge in [-0.2, -0.15) is 0 Å². The zero-order valence-electron chi connectivity index (χ0n) is 21.7. The predicted molar refractivity (Wildman–Crippen MR) is 138 cm³/mol. The van der Waals surface area contributed by atoms with Crippen molar-refractivity contribution in [3.8, 4) is 0 Å². The Hall–Kier alpha value is -0.0400. The topological polar surface area (TPSA) is 27.6 Å². The second kappa shape index (κ2) is 27.0. The van der Waals surface area contributed by atoms with Crippen LogP contribution in [0.5, 0.6) is 0 Å². The van der Waals surface area contributed by atoms with Crippen LogP contribution in [0, 0.1) is 0 Å². The van der Waals surface area contributed by atoms with Crippen molar-refractivity contribution in [1.29, 1.82) is 0 Å². The number of quaternary nitrogens is 1. The van der Waals surface area contributed by atoms with Crippen LogP contribution in [0.3, 0.4) is 0 Å². The van der Waals surface area contributed by atoms with E-state index in [1.807, 2.05) is 0 Å². The van der Waals surface area contributed by atoms with Crippen LogP contribution in [0.1, 0.15) is 181 Å². The smallest absolute Gasteiger partial charge is 0.0843 e. The highest BCUT2D eigenvalue weighted by Crippen LogP contribution is 2.15. The lowest BCUT2D eigenvalue weighted by molar-refractivity contribution is -0.423. The summed E-state index contributed by atoms with van der Waals surface area (Å²) in [6.07, 6.45) is 37.6. The van der Waals surface area contributed by atoms with Gasteiger partial charge in [-0.3, -0.25) is 0 Å². The standard InChI is InChI=1S/C29H61N/c1-3-5-7-9-11-13-15-17-19-21-23-25-27-29(30)28-26-24-22-20-18-16-14-12-10-8-6-4-2/h29H,3-28,30H2,1-2H3/p+1. The number of hydrogen-bond donors (Lipinski definition) is 1. The van der Waals surface area contributed by atoms with Crippen molar-refractivity contribution < 1.29 is 5.73 Å². The van der Waals surface area contributed by atoms with Gasteiger partial charge in [-0.15, -0.1) is 0 Å². The van der Waals surface area contributed by atoms with E-state index in [0.717, 1.165) is 6.04 Å². The van der Waals surface area contributed by atoms with Crippen molar-refractivity contribution in [1.82, 2.24) is 0 Å². The fourth-order valence-electron chi connectivity index (χ4n) is 4.69. The molecule has 0 saturated carbocycles. The molecule has 0 radical (unpaired) electrons. The zero-order chi connectivity index (χ0) is 22.0. The summed E-state index contributed by atoms with van der Waals surface area (Å²) in [7, 11) is 0. The fourth-order valence-corrected chi connectivity index (χ4v) is 4.69.